The Kier molecular flexibility index (Phi) is 4.58. The molecular weight excluding hydrogens is 248 g/mol. The van der Waals surface area contributed by atoms with Crippen molar-refractivity contribution < 1.29 is 4.74 Å². The summed E-state index contributed by atoms with van der Waals surface area (Å²) in [7, 11) is 0. The van der Waals surface area contributed by atoms with Crippen LogP contribution >= 0.6 is 0 Å². The van der Waals surface area contributed by atoms with Crippen LogP contribution in [0.3, 0.4) is 0 Å². The number of rotatable bonds is 6. The standard InChI is InChI=1S/C17H26N2O/c1-14(18-9-6-12-19-10-4-5-11-19)17-13-15-7-2-3-8-16(15)20-17/h2-3,7-8,14,17-18H,4-6,9-13H2,1H3. The van der Waals surface area contributed by atoms with E-state index in [-0.39, 0.29) is 0 Å². The number of para-hydroxylation sites is 1. The quantitative estimate of drug-likeness (QED) is 0.807. The lowest BCUT2D eigenvalue weighted by Gasteiger charge is -2.21. The Labute approximate surface area is 122 Å². The van der Waals surface area contributed by atoms with E-state index in [2.05, 4.69) is 41.4 Å². The van der Waals surface area contributed by atoms with Crippen molar-refractivity contribution in [2.75, 3.05) is 26.2 Å². The number of hydrogen-bond donors (Lipinski definition) is 1. The molecule has 0 bridgehead atoms. The molecule has 2 heterocycles. The van der Waals surface area contributed by atoms with Crippen LogP contribution in [-0.4, -0.2) is 43.2 Å². The van der Waals surface area contributed by atoms with Gasteiger partial charge in [0.2, 0.25) is 0 Å². The van der Waals surface area contributed by atoms with Crippen LogP contribution in [0.4, 0.5) is 0 Å². The Morgan fingerprint density at radius 2 is 2.10 bits per heavy atom. The number of ether oxygens (including phenoxy) is 1. The monoisotopic (exact) mass is 274 g/mol. The molecule has 0 aromatic heterocycles. The van der Waals surface area contributed by atoms with Crippen LogP contribution in [0.2, 0.25) is 0 Å². The van der Waals surface area contributed by atoms with Gasteiger partial charge in [0.25, 0.3) is 0 Å². The van der Waals surface area contributed by atoms with Crippen molar-refractivity contribution >= 4 is 0 Å². The van der Waals surface area contributed by atoms with Gasteiger partial charge in [0, 0.05) is 12.5 Å². The van der Waals surface area contributed by atoms with Crippen LogP contribution in [0.15, 0.2) is 24.3 Å². The molecule has 1 aromatic rings. The van der Waals surface area contributed by atoms with Gasteiger partial charge in [-0.25, -0.2) is 0 Å². The van der Waals surface area contributed by atoms with E-state index in [0.29, 0.717) is 12.1 Å². The van der Waals surface area contributed by atoms with Gasteiger partial charge in [-0.3, -0.25) is 0 Å². The number of fused-ring (bicyclic) bond motifs is 1. The van der Waals surface area contributed by atoms with Crippen LogP contribution in [0, 0.1) is 0 Å². The Hall–Kier alpha value is -1.06. The van der Waals surface area contributed by atoms with Gasteiger partial charge in [-0.15, -0.1) is 0 Å². The maximum atomic E-state index is 6.03. The highest BCUT2D eigenvalue weighted by Crippen LogP contribution is 2.29. The summed E-state index contributed by atoms with van der Waals surface area (Å²) in [5, 5.41) is 3.63. The fraction of sp³-hybridized carbons (Fsp3) is 0.647. The molecule has 0 aliphatic carbocycles. The molecule has 2 atom stereocenters. The molecule has 1 aromatic carbocycles. The highest BCUT2D eigenvalue weighted by molar-refractivity contribution is 5.37. The van der Waals surface area contributed by atoms with Crippen LogP contribution < -0.4 is 10.1 Å². The van der Waals surface area contributed by atoms with Gasteiger partial charge in [-0.05, 0) is 64.0 Å². The van der Waals surface area contributed by atoms with Crippen molar-refractivity contribution in [1.29, 1.82) is 0 Å². The lowest BCUT2D eigenvalue weighted by Crippen LogP contribution is -2.41. The van der Waals surface area contributed by atoms with Gasteiger partial charge in [0.05, 0.1) is 0 Å². The van der Waals surface area contributed by atoms with E-state index < -0.39 is 0 Å². The van der Waals surface area contributed by atoms with E-state index in [9.17, 15) is 0 Å². The molecule has 2 aliphatic rings. The molecule has 3 heteroatoms. The van der Waals surface area contributed by atoms with Crippen molar-refractivity contribution in [2.24, 2.45) is 0 Å². The van der Waals surface area contributed by atoms with E-state index in [1.807, 2.05) is 0 Å². The minimum absolute atomic E-state index is 0.291. The lowest BCUT2D eigenvalue weighted by atomic mass is 10.1. The highest BCUT2D eigenvalue weighted by atomic mass is 16.5. The summed E-state index contributed by atoms with van der Waals surface area (Å²) in [6.45, 7) is 7.18. The van der Waals surface area contributed by atoms with E-state index in [1.165, 1.54) is 44.5 Å². The number of nitrogens with one attached hydrogen (secondary N) is 1. The number of nitrogens with zero attached hydrogens (tertiary/aromatic N) is 1. The predicted molar refractivity (Wildman–Crippen MR) is 82.3 cm³/mol. The molecule has 0 saturated carbocycles. The minimum Gasteiger partial charge on any atom is -0.488 e. The first-order valence-corrected chi connectivity index (χ1v) is 8.03. The third-order valence-electron chi connectivity index (χ3n) is 4.55. The summed E-state index contributed by atoms with van der Waals surface area (Å²) in [6, 6.07) is 8.82. The second kappa shape index (κ2) is 6.59. The molecule has 1 saturated heterocycles. The van der Waals surface area contributed by atoms with Crippen LogP contribution in [0.25, 0.3) is 0 Å². The first-order chi connectivity index (χ1) is 9.83. The molecular formula is C17H26N2O. The zero-order valence-corrected chi connectivity index (χ0v) is 12.5. The Morgan fingerprint density at radius 1 is 1.30 bits per heavy atom. The van der Waals surface area contributed by atoms with E-state index in [4.69, 9.17) is 4.74 Å². The summed E-state index contributed by atoms with van der Waals surface area (Å²) >= 11 is 0. The second-order valence-electron chi connectivity index (χ2n) is 6.11. The topological polar surface area (TPSA) is 24.5 Å². The third kappa shape index (κ3) is 3.33. The molecule has 0 amide bonds. The maximum absolute atomic E-state index is 6.03. The van der Waals surface area contributed by atoms with Crippen molar-refractivity contribution in [3.8, 4) is 5.75 Å². The van der Waals surface area contributed by atoms with E-state index in [1.54, 1.807) is 0 Å². The molecule has 2 aliphatic heterocycles. The van der Waals surface area contributed by atoms with Crippen LogP contribution in [0.1, 0.15) is 31.7 Å². The lowest BCUT2D eigenvalue weighted by molar-refractivity contribution is 0.185. The predicted octanol–water partition coefficient (Wildman–Crippen LogP) is 2.45. The van der Waals surface area contributed by atoms with Gasteiger partial charge in [0.1, 0.15) is 11.9 Å². The van der Waals surface area contributed by atoms with Crippen LogP contribution in [-0.2, 0) is 6.42 Å². The van der Waals surface area contributed by atoms with Gasteiger partial charge >= 0.3 is 0 Å². The zero-order chi connectivity index (χ0) is 13.8. The summed E-state index contributed by atoms with van der Waals surface area (Å²) < 4.78 is 6.03. The fourth-order valence-electron chi connectivity index (χ4n) is 3.26. The smallest absolute Gasteiger partial charge is 0.123 e. The molecule has 2 unspecified atom stereocenters. The average Bonchev–Trinajstić information content (AvgIpc) is 3.12. The Morgan fingerprint density at radius 3 is 2.90 bits per heavy atom. The molecule has 110 valence electrons. The van der Waals surface area contributed by atoms with E-state index in [0.717, 1.165) is 18.7 Å². The SMILES string of the molecule is CC(NCCCN1CCCC1)C1Cc2ccccc2O1. The van der Waals surface area contributed by atoms with Crippen molar-refractivity contribution in [2.45, 2.75) is 44.8 Å². The average molecular weight is 274 g/mol. The third-order valence-corrected chi connectivity index (χ3v) is 4.55. The molecule has 0 radical (unpaired) electrons. The molecule has 20 heavy (non-hydrogen) atoms. The van der Waals surface area contributed by atoms with Crippen molar-refractivity contribution in [1.82, 2.24) is 10.2 Å². The number of likely N-dealkylation sites (tertiary alicyclic amines) is 1. The summed E-state index contributed by atoms with van der Waals surface area (Å²) in [5.74, 6) is 1.07. The van der Waals surface area contributed by atoms with Crippen molar-refractivity contribution in [3.63, 3.8) is 0 Å². The van der Waals surface area contributed by atoms with Gasteiger partial charge in [-0.1, -0.05) is 18.2 Å². The minimum atomic E-state index is 0.291. The maximum Gasteiger partial charge on any atom is 0.123 e. The van der Waals surface area contributed by atoms with Gasteiger partial charge in [0.15, 0.2) is 0 Å². The first-order valence-electron chi connectivity index (χ1n) is 8.03. The summed E-state index contributed by atoms with van der Waals surface area (Å²) in [6.07, 6.45) is 5.34. The molecule has 3 rings (SSSR count). The van der Waals surface area contributed by atoms with Crippen LogP contribution in [0.5, 0.6) is 5.75 Å². The van der Waals surface area contributed by atoms with Gasteiger partial charge in [-0.2, -0.15) is 0 Å². The Balaban J connectivity index is 1.36. The molecule has 3 nitrogen and oxygen atoms in total. The summed E-state index contributed by atoms with van der Waals surface area (Å²) in [4.78, 5) is 2.58. The normalized spacial score (nSPS) is 23.6. The Bertz CT molecular complexity index is 404. The molecule has 0 spiro atoms. The highest BCUT2D eigenvalue weighted by Gasteiger charge is 2.26. The molecule has 1 N–H and O–H groups in total. The largest absolute Gasteiger partial charge is 0.488 e. The fourth-order valence-corrected chi connectivity index (χ4v) is 3.26. The first kappa shape index (κ1) is 13.9. The van der Waals surface area contributed by atoms with Crippen molar-refractivity contribution in [3.05, 3.63) is 29.8 Å². The molecule has 1 fully saturated rings. The number of benzene rings is 1. The second-order valence-corrected chi connectivity index (χ2v) is 6.11. The summed E-state index contributed by atoms with van der Waals surface area (Å²) in [5.41, 5.74) is 1.35. The number of hydrogen-bond acceptors (Lipinski definition) is 3. The van der Waals surface area contributed by atoms with E-state index >= 15 is 0 Å². The zero-order valence-electron chi connectivity index (χ0n) is 12.5. The van der Waals surface area contributed by atoms with Gasteiger partial charge < -0.3 is 15.0 Å².